The van der Waals surface area contributed by atoms with Crippen LogP contribution < -0.4 is 16.4 Å². The van der Waals surface area contributed by atoms with Crippen molar-refractivity contribution >= 4 is 29.0 Å². The third kappa shape index (κ3) is 7.38. The molecule has 1 aliphatic carbocycles. The van der Waals surface area contributed by atoms with Crippen LogP contribution in [0.25, 0.3) is 0 Å². The molecule has 196 valence electrons. The van der Waals surface area contributed by atoms with Crippen molar-refractivity contribution in [3.63, 3.8) is 0 Å². The molecule has 2 amide bonds. The van der Waals surface area contributed by atoms with Crippen molar-refractivity contribution < 1.29 is 18.7 Å². The molecule has 9 nitrogen and oxygen atoms in total. The third-order valence-corrected chi connectivity index (χ3v) is 6.24. The maximum absolute atomic E-state index is 13.5. The normalized spacial score (nSPS) is 18.2. The SMILES string of the molecule is COC1=CC(=N)/C(=C(\N)Nc2ccc(F)c(Cl)c2)C=C1OC1CCN(CCCNC(=O)N(C)C)CC1. The number of nitrogens with two attached hydrogens (primary N) is 1. The number of methoxy groups -OCH3 is 1. The van der Waals surface area contributed by atoms with Gasteiger partial charge in [0.2, 0.25) is 0 Å². The first-order chi connectivity index (χ1) is 17.2. The van der Waals surface area contributed by atoms with E-state index in [0.29, 0.717) is 29.3 Å². The summed E-state index contributed by atoms with van der Waals surface area (Å²) in [6, 6.07) is 4.11. The maximum Gasteiger partial charge on any atom is 0.316 e. The lowest BCUT2D eigenvalue weighted by Gasteiger charge is -2.33. The molecule has 0 radical (unpaired) electrons. The van der Waals surface area contributed by atoms with Gasteiger partial charge in [0.25, 0.3) is 0 Å². The first kappa shape index (κ1) is 27.3. The van der Waals surface area contributed by atoms with Gasteiger partial charge in [0.05, 0.1) is 17.8 Å². The summed E-state index contributed by atoms with van der Waals surface area (Å²) in [6.07, 6.45) is 5.82. The summed E-state index contributed by atoms with van der Waals surface area (Å²) in [5.74, 6) is 0.659. The van der Waals surface area contributed by atoms with Crippen molar-refractivity contribution in [1.29, 1.82) is 5.41 Å². The van der Waals surface area contributed by atoms with E-state index in [1.807, 2.05) is 0 Å². The summed E-state index contributed by atoms with van der Waals surface area (Å²) in [4.78, 5) is 15.5. The zero-order valence-electron chi connectivity index (χ0n) is 20.9. The average molecular weight is 521 g/mol. The zero-order chi connectivity index (χ0) is 26.2. The number of nitrogens with one attached hydrogen (secondary N) is 3. The Hall–Kier alpha value is -3.24. The van der Waals surface area contributed by atoms with Gasteiger partial charge in [0, 0.05) is 51.1 Å². The molecule has 1 aromatic carbocycles. The number of rotatable bonds is 9. The largest absolute Gasteiger partial charge is 0.493 e. The first-order valence-corrected chi connectivity index (χ1v) is 12.2. The molecule has 5 N–H and O–H groups in total. The number of carbonyl (C=O) groups is 1. The van der Waals surface area contributed by atoms with Gasteiger partial charge >= 0.3 is 6.03 Å². The standard InChI is InChI=1S/C25H34ClFN6O3/c1-32(2)25(34)30-9-4-10-33-11-7-17(8-12-33)36-23-14-18(21(28)15-22(23)35-3)24(29)31-16-5-6-20(27)19(26)13-16/h5-6,13-15,17,28,31H,4,7-12,29H2,1-3H3,(H,30,34)/b24-18+,28-21?. The van der Waals surface area contributed by atoms with Crippen molar-refractivity contribution in [1.82, 2.24) is 15.1 Å². The number of carbonyl (C=O) groups excluding carboxylic acids is 1. The van der Waals surface area contributed by atoms with Crippen LogP contribution in [0.15, 0.2) is 53.3 Å². The van der Waals surface area contributed by atoms with Crippen LogP contribution in [0.3, 0.4) is 0 Å². The van der Waals surface area contributed by atoms with Crippen LogP contribution in [0.5, 0.6) is 0 Å². The molecule has 0 unspecified atom stereocenters. The summed E-state index contributed by atoms with van der Waals surface area (Å²) in [6.45, 7) is 3.33. The van der Waals surface area contributed by atoms with Gasteiger partial charge < -0.3 is 35.6 Å². The maximum atomic E-state index is 13.5. The zero-order valence-corrected chi connectivity index (χ0v) is 21.6. The molecule has 2 aliphatic rings. The molecule has 0 bridgehead atoms. The molecule has 0 spiro atoms. The van der Waals surface area contributed by atoms with Crippen molar-refractivity contribution in [2.45, 2.75) is 25.4 Å². The molecule has 36 heavy (non-hydrogen) atoms. The van der Waals surface area contributed by atoms with Crippen LogP contribution in [0.1, 0.15) is 19.3 Å². The number of piperidine rings is 1. The number of ether oxygens (including phenoxy) is 2. The van der Waals surface area contributed by atoms with Gasteiger partial charge in [-0.1, -0.05) is 11.6 Å². The lowest BCUT2D eigenvalue weighted by atomic mass is 10.0. The van der Waals surface area contributed by atoms with Crippen LogP contribution in [0, 0.1) is 11.2 Å². The second-order valence-electron chi connectivity index (χ2n) is 8.85. The van der Waals surface area contributed by atoms with Crippen molar-refractivity contribution in [2.75, 3.05) is 52.7 Å². The highest BCUT2D eigenvalue weighted by atomic mass is 35.5. The molecule has 11 heteroatoms. The number of anilines is 1. The highest BCUT2D eigenvalue weighted by Gasteiger charge is 2.25. The highest BCUT2D eigenvalue weighted by Crippen LogP contribution is 2.28. The smallest absolute Gasteiger partial charge is 0.316 e. The molecule has 0 atom stereocenters. The number of benzene rings is 1. The van der Waals surface area contributed by atoms with Gasteiger partial charge in [-0.2, -0.15) is 0 Å². The number of allylic oxidation sites excluding steroid dienone is 3. The minimum absolute atomic E-state index is 0.00174. The van der Waals surface area contributed by atoms with Crippen LogP contribution in [-0.4, -0.2) is 75.0 Å². The molecule has 1 aromatic rings. The summed E-state index contributed by atoms with van der Waals surface area (Å²) >= 11 is 5.86. The predicted octanol–water partition coefficient (Wildman–Crippen LogP) is 3.65. The van der Waals surface area contributed by atoms with Gasteiger partial charge in [0.15, 0.2) is 11.5 Å². The molecular weight excluding hydrogens is 487 g/mol. The summed E-state index contributed by atoms with van der Waals surface area (Å²) in [5, 5.41) is 14.2. The van der Waals surface area contributed by atoms with E-state index in [9.17, 15) is 9.18 Å². The van der Waals surface area contributed by atoms with Crippen LogP contribution >= 0.6 is 11.6 Å². The third-order valence-electron chi connectivity index (χ3n) is 5.95. The Kier molecular flexibility index (Phi) is 9.60. The number of nitrogens with zero attached hydrogens (tertiary/aromatic N) is 2. The van der Waals surface area contributed by atoms with Gasteiger partial charge in [-0.25, -0.2) is 9.18 Å². The monoisotopic (exact) mass is 520 g/mol. The molecule has 3 rings (SSSR count). The fourth-order valence-electron chi connectivity index (χ4n) is 3.92. The summed E-state index contributed by atoms with van der Waals surface area (Å²) in [5.41, 5.74) is 7.34. The Morgan fingerprint density at radius 1 is 1.28 bits per heavy atom. The lowest BCUT2D eigenvalue weighted by molar-refractivity contribution is 0.0437. The van der Waals surface area contributed by atoms with E-state index in [1.165, 1.54) is 30.2 Å². The van der Waals surface area contributed by atoms with E-state index >= 15 is 0 Å². The lowest BCUT2D eigenvalue weighted by Crippen LogP contribution is -2.40. The van der Waals surface area contributed by atoms with E-state index in [4.69, 9.17) is 32.2 Å². The van der Waals surface area contributed by atoms with Crippen LogP contribution in [-0.2, 0) is 9.47 Å². The number of likely N-dealkylation sites (tertiary alicyclic amines) is 1. The summed E-state index contributed by atoms with van der Waals surface area (Å²) < 4.78 is 25.2. The number of urea groups is 1. The Morgan fingerprint density at radius 2 is 2.00 bits per heavy atom. The van der Waals surface area contributed by atoms with Gasteiger partial charge in [-0.05, 0) is 50.1 Å². The van der Waals surface area contributed by atoms with Crippen LogP contribution in [0.2, 0.25) is 5.02 Å². The Morgan fingerprint density at radius 3 is 2.64 bits per heavy atom. The minimum atomic E-state index is -0.524. The number of halogens is 2. The van der Waals surface area contributed by atoms with Crippen molar-refractivity contribution in [3.05, 3.63) is 64.1 Å². The molecule has 0 saturated carbocycles. The van der Waals surface area contributed by atoms with Gasteiger partial charge in [0.1, 0.15) is 17.7 Å². The first-order valence-electron chi connectivity index (χ1n) is 11.8. The molecule has 1 saturated heterocycles. The van der Waals surface area contributed by atoms with E-state index < -0.39 is 5.82 Å². The Bertz CT molecular complexity index is 1060. The number of amides is 2. The fourth-order valence-corrected chi connectivity index (χ4v) is 4.10. The number of hydrogen-bond acceptors (Lipinski definition) is 7. The minimum Gasteiger partial charge on any atom is -0.493 e. The highest BCUT2D eigenvalue weighted by molar-refractivity contribution is 6.31. The summed E-state index contributed by atoms with van der Waals surface area (Å²) in [7, 11) is 4.98. The molecule has 1 fully saturated rings. The Labute approximate surface area is 216 Å². The van der Waals surface area contributed by atoms with E-state index in [2.05, 4.69) is 15.5 Å². The van der Waals surface area contributed by atoms with Gasteiger partial charge in [-0.15, -0.1) is 0 Å². The van der Waals surface area contributed by atoms with Crippen molar-refractivity contribution in [3.8, 4) is 0 Å². The quantitative estimate of drug-likeness (QED) is 0.369. The number of hydrogen-bond donors (Lipinski definition) is 4. The van der Waals surface area contributed by atoms with Crippen molar-refractivity contribution in [2.24, 2.45) is 5.73 Å². The topological polar surface area (TPSA) is 116 Å². The van der Waals surface area contributed by atoms with Gasteiger partial charge in [-0.3, -0.25) is 5.41 Å². The molecule has 1 aliphatic heterocycles. The molecule has 1 heterocycles. The van der Waals surface area contributed by atoms with E-state index in [0.717, 1.165) is 38.9 Å². The second-order valence-corrected chi connectivity index (χ2v) is 9.26. The van der Waals surface area contributed by atoms with E-state index in [1.54, 1.807) is 26.2 Å². The molecule has 0 aromatic heterocycles. The average Bonchev–Trinajstić information content (AvgIpc) is 2.85. The predicted molar refractivity (Wildman–Crippen MR) is 139 cm³/mol. The van der Waals surface area contributed by atoms with Crippen LogP contribution in [0.4, 0.5) is 14.9 Å². The van der Waals surface area contributed by atoms with E-state index in [-0.39, 0.29) is 28.7 Å². The second kappa shape index (κ2) is 12.6. The Balaban J connectivity index is 1.58. The molecular formula is C25H34ClFN6O3. The fraction of sp³-hybridized carbons (Fsp3) is 0.440.